The molecule has 0 bridgehead atoms. The molecule has 1 aliphatic rings. The maximum atomic E-state index is 10.4. The number of hydrogen-bond donors (Lipinski definition) is 0. The van der Waals surface area contributed by atoms with Crippen LogP contribution in [0, 0.1) is 0 Å². The fraction of sp³-hybridized carbons (Fsp3) is 0.167. The third-order valence-corrected chi connectivity index (χ3v) is 0.848. The van der Waals surface area contributed by atoms with Gasteiger partial charge in [-0.25, -0.2) is 4.99 Å². The van der Waals surface area contributed by atoms with E-state index in [-0.39, 0.29) is 5.91 Å². The second-order valence-electron chi connectivity index (χ2n) is 1.57. The third-order valence-electron chi connectivity index (χ3n) is 0.848. The van der Waals surface area contributed by atoms with Crippen molar-refractivity contribution in [2.75, 3.05) is 0 Å². The van der Waals surface area contributed by atoms with Crippen molar-refractivity contribution in [2.24, 2.45) is 9.98 Å². The van der Waals surface area contributed by atoms with Crippen LogP contribution in [-0.2, 0) is 4.79 Å². The van der Waals surface area contributed by atoms with Crippen LogP contribution in [0.1, 0.15) is 6.92 Å². The van der Waals surface area contributed by atoms with Gasteiger partial charge < -0.3 is 0 Å². The number of amidine groups is 1. The Morgan fingerprint density at radius 3 is 2.89 bits per heavy atom. The highest BCUT2D eigenvalue weighted by atomic mass is 16.1. The van der Waals surface area contributed by atoms with Crippen LogP contribution in [0.4, 0.5) is 0 Å². The summed E-state index contributed by atoms with van der Waals surface area (Å²) in [4.78, 5) is 17.6. The Morgan fingerprint density at radius 2 is 2.44 bits per heavy atom. The molecule has 9 heavy (non-hydrogen) atoms. The van der Waals surface area contributed by atoms with Crippen LogP contribution in [0.25, 0.3) is 0 Å². The van der Waals surface area contributed by atoms with Crippen molar-refractivity contribution >= 4 is 18.0 Å². The normalized spacial score (nSPS) is 17.4. The standard InChI is InChI=1S/C6H6N2O/c1-2-3-5-7-4-6(9)8-5/h2-4H,1H3. The predicted octanol–water partition coefficient (Wildman–Crippen LogP) is 0.572. The van der Waals surface area contributed by atoms with Gasteiger partial charge in [0.2, 0.25) is 0 Å². The third kappa shape index (κ3) is 1.32. The Kier molecular flexibility index (Phi) is 1.53. The van der Waals surface area contributed by atoms with Crippen molar-refractivity contribution < 1.29 is 4.79 Å². The van der Waals surface area contributed by atoms with Gasteiger partial charge in [-0.15, -0.1) is 0 Å². The Hall–Kier alpha value is -1.25. The zero-order valence-electron chi connectivity index (χ0n) is 5.03. The second kappa shape index (κ2) is 2.35. The van der Waals surface area contributed by atoms with Gasteiger partial charge in [0.15, 0.2) is 5.84 Å². The minimum Gasteiger partial charge on any atom is -0.266 e. The summed E-state index contributed by atoms with van der Waals surface area (Å²) in [5, 5.41) is 0. The molecule has 0 spiro atoms. The summed E-state index contributed by atoms with van der Waals surface area (Å²) in [6.45, 7) is 1.85. The van der Waals surface area contributed by atoms with Gasteiger partial charge in [-0.05, 0) is 13.0 Å². The Bertz CT molecular complexity index is 213. The number of aliphatic imine (C=N–C) groups is 2. The predicted molar refractivity (Wildman–Crippen MR) is 35.7 cm³/mol. The van der Waals surface area contributed by atoms with E-state index in [0.717, 1.165) is 0 Å². The molecule has 0 atom stereocenters. The topological polar surface area (TPSA) is 41.8 Å². The molecule has 0 N–H and O–H groups in total. The minimum atomic E-state index is -0.275. The zero-order valence-corrected chi connectivity index (χ0v) is 5.03. The SMILES string of the molecule is CC=CC1=NC(=O)C=N1. The number of rotatable bonds is 1. The van der Waals surface area contributed by atoms with Crippen LogP contribution in [-0.4, -0.2) is 18.0 Å². The molecular formula is C6H6N2O. The van der Waals surface area contributed by atoms with E-state index >= 15 is 0 Å². The summed E-state index contributed by atoms with van der Waals surface area (Å²) in [5.74, 6) is 0.214. The highest BCUT2D eigenvalue weighted by molar-refractivity contribution is 6.36. The summed E-state index contributed by atoms with van der Waals surface area (Å²) in [7, 11) is 0. The average Bonchev–Trinajstić information content (AvgIpc) is 2.17. The van der Waals surface area contributed by atoms with Gasteiger partial charge in [-0.3, -0.25) is 4.79 Å². The fourth-order valence-electron chi connectivity index (χ4n) is 0.521. The number of nitrogens with zero attached hydrogens (tertiary/aromatic N) is 2. The van der Waals surface area contributed by atoms with E-state index in [4.69, 9.17) is 0 Å². The van der Waals surface area contributed by atoms with Gasteiger partial charge in [0, 0.05) is 0 Å². The lowest BCUT2D eigenvalue weighted by molar-refractivity contribution is -0.111. The van der Waals surface area contributed by atoms with Crippen LogP contribution in [0.3, 0.4) is 0 Å². The molecule has 1 aliphatic heterocycles. The van der Waals surface area contributed by atoms with Crippen LogP contribution in [0.5, 0.6) is 0 Å². The van der Waals surface area contributed by atoms with Crippen LogP contribution in [0.2, 0.25) is 0 Å². The summed E-state index contributed by atoms with van der Waals surface area (Å²) in [6, 6.07) is 0. The first-order valence-electron chi connectivity index (χ1n) is 2.62. The van der Waals surface area contributed by atoms with E-state index in [0.29, 0.717) is 5.84 Å². The van der Waals surface area contributed by atoms with Crippen LogP contribution >= 0.6 is 0 Å². The monoisotopic (exact) mass is 122 g/mol. The molecule has 0 fully saturated rings. The zero-order chi connectivity index (χ0) is 6.69. The maximum Gasteiger partial charge on any atom is 0.290 e. The summed E-state index contributed by atoms with van der Waals surface area (Å²) < 4.78 is 0. The van der Waals surface area contributed by atoms with Crippen LogP contribution < -0.4 is 0 Å². The molecule has 1 heterocycles. The Labute approximate surface area is 52.8 Å². The highest BCUT2D eigenvalue weighted by Crippen LogP contribution is 1.91. The van der Waals surface area contributed by atoms with Gasteiger partial charge in [-0.2, -0.15) is 4.99 Å². The number of carbonyl (C=O) groups is 1. The first-order valence-corrected chi connectivity index (χ1v) is 2.62. The number of carbonyl (C=O) groups excluding carboxylic acids is 1. The largest absolute Gasteiger partial charge is 0.290 e. The maximum absolute atomic E-state index is 10.4. The fourth-order valence-corrected chi connectivity index (χ4v) is 0.521. The molecule has 3 heteroatoms. The molecule has 0 aliphatic carbocycles. The second-order valence-corrected chi connectivity index (χ2v) is 1.57. The van der Waals surface area contributed by atoms with E-state index in [1.54, 1.807) is 12.2 Å². The van der Waals surface area contributed by atoms with Crippen molar-refractivity contribution in [3.05, 3.63) is 12.2 Å². The van der Waals surface area contributed by atoms with Gasteiger partial charge in [0.05, 0.1) is 6.21 Å². The molecule has 1 amide bonds. The number of hydrogen-bond acceptors (Lipinski definition) is 2. The number of amides is 1. The van der Waals surface area contributed by atoms with Gasteiger partial charge in [0.1, 0.15) is 0 Å². The van der Waals surface area contributed by atoms with E-state index in [2.05, 4.69) is 9.98 Å². The Balaban J connectivity index is 2.75. The summed E-state index contributed by atoms with van der Waals surface area (Å²) >= 11 is 0. The van der Waals surface area contributed by atoms with Crippen molar-refractivity contribution in [3.8, 4) is 0 Å². The molecule has 0 aromatic rings. The van der Waals surface area contributed by atoms with E-state index in [9.17, 15) is 4.79 Å². The first kappa shape index (κ1) is 5.88. The molecule has 0 aromatic carbocycles. The molecule has 0 saturated heterocycles. The lowest BCUT2D eigenvalue weighted by Gasteiger charge is -1.77. The first-order chi connectivity index (χ1) is 4.33. The van der Waals surface area contributed by atoms with Crippen molar-refractivity contribution in [3.63, 3.8) is 0 Å². The van der Waals surface area contributed by atoms with Gasteiger partial charge >= 0.3 is 0 Å². The van der Waals surface area contributed by atoms with E-state index < -0.39 is 0 Å². The summed E-state index contributed by atoms with van der Waals surface area (Å²) in [5.41, 5.74) is 0. The summed E-state index contributed by atoms with van der Waals surface area (Å²) in [6.07, 6.45) is 4.67. The Morgan fingerprint density at radius 1 is 1.67 bits per heavy atom. The molecule has 0 saturated carbocycles. The van der Waals surface area contributed by atoms with Crippen molar-refractivity contribution in [1.29, 1.82) is 0 Å². The smallest absolute Gasteiger partial charge is 0.266 e. The quantitative estimate of drug-likeness (QED) is 0.501. The molecule has 0 aromatic heterocycles. The van der Waals surface area contributed by atoms with Crippen LogP contribution in [0.15, 0.2) is 22.1 Å². The molecule has 46 valence electrons. The lowest BCUT2D eigenvalue weighted by atomic mass is 10.5. The number of allylic oxidation sites excluding steroid dienone is 1. The van der Waals surface area contributed by atoms with Crippen molar-refractivity contribution in [2.45, 2.75) is 6.92 Å². The lowest BCUT2D eigenvalue weighted by Crippen LogP contribution is -1.86. The van der Waals surface area contributed by atoms with Gasteiger partial charge in [-0.1, -0.05) is 6.08 Å². The van der Waals surface area contributed by atoms with Crippen molar-refractivity contribution in [1.82, 2.24) is 0 Å². The molecule has 1 rings (SSSR count). The molecular weight excluding hydrogens is 116 g/mol. The highest BCUT2D eigenvalue weighted by Gasteiger charge is 2.02. The molecule has 0 radical (unpaired) electrons. The molecule has 0 unspecified atom stereocenters. The minimum absolute atomic E-state index is 0.275. The van der Waals surface area contributed by atoms with E-state index in [1.807, 2.05) is 6.92 Å². The van der Waals surface area contributed by atoms with E-state index in [1.165, 1.54) is 6.21 Å². The molecule has 3 nitrogen and oxygen atoms in total. The average molecular weight is 122 g/mol. The van der Waals surface area contributed by atoms with Gasteiger partial charge in [0.25, 0.3) is 5.91 Å².